The Morgan fingerprint density at radius 1 is 1.37 bits per heavy atom. The van der Waals surface area contributed by atoms with Gasteiger partial charge in [0.2, 0.25) is 0 Å². The monoisotopic (exact) mass is 347 g/mol. The van der Waals surface area contributed by atoms with Gasteiger partial charge in [-0.05, 0) is 34.0 Å². The number of esters is 1. The third-order valence-corrected chi connectivity index (χ3v) is 3.90. The molecule has 0 fully saturated rings. The van der Waals surface area contributed by atoms with E-state index in [0.717, 1.165) is 0 Å². The van der Waals surface area contributed by atoms with Crippen molar-refractivity contribution in [3.05, 3.63) is 33.3 Å². The molecule has 1 aromatic rings. The molecule has 0 saturated heterocycles. The van der Waals surface area contributed by atoms with Gasteiger partial charge in [0, 0.05) is 4.47 Å². The van der Waals surface area contributed by atoms with Crippen molar-refractivity contribution in [1.29, 1.82) is 0 Å². The lowest BCUT2D eigenvalue weighted by atomic mass is 10.0. The maximum Gasteiger partial charge on any atom is 0.328 e. The summed E-state index contributed by atoms with van der Waals surface area (Å²) in [5.74, 6) is -0.966. The van der Waals surface area contributed by atoms with Gasteiger partial charge < -0.3 is 10.1 Å². The highest BCUT2D eigenvalue weighted by Gasteiger charge is 2.26. The zero-order valence-electron chi connectivity index (χ0n) is 10.9. The highest BCUT2D eigenvalue weighted by atomic mass is 79.9. The Bertz CT molecular complexity index is 491. The van der Waals surface area contributed by atoms with E-state index < -0.39 is 17.9 Å². The van der Waals surface area contributed by atoms with Crippen molar-refractivity contribution < 1.29 is 14.3 Å². The summed E-state index contributed by atoms with van der Waals surface area (Å²) in [6, 6.07) is 4.33. The van der Waals surface area contributed by atoms with E-state index in [1.54, 1.807) is 18.2 Å². The molecule has 0 heterocycles. The lowest BCUT2D eigenvalue weighted by molar-refractivity contribution is -0.144. The van der Waals surface area contributed by atoms with E-state index in [4.69, 9.17) is 11.6 Å². The highest BCUT2D eigenvalue weighted by molar-refractivity contribution is 9.10. The van der Waals surface area contributed by atoms with Crippen molar-refractivity contribution in [2.45, 2.75) is 19.9 Å². The van der Waals surface area contributed by atoms with Crippen molar-refractivity contribution in [1.82, 2.24) is 5.32 Å². The van der Waals surface area contributed by atoms with Crippen LogP contribution in [0.25, 0.3) is 0 Å². The van der Waals surface area contributed by atoms with Crippen molar-refractivity contribution in [3.8, 4) is 0 Å². The van der Waals surface area contributed by atoms with Gasteiger partial charge in [0.15, 0.2) is 0 Å². The van der Waals surface area contributed by atoms with Gasteiger partial charge in [0.25, 0.3) is 5.91 Å². The summed E-state index contributed by atoms with van der Waals surface area (Å²) < 4.78 is 5.29. The van der Waals surface area contributed by atoms with Crippen LogP contribution in [0.2, 0.25) is 5.02 Å². The summed E-state index contributed by atoms with van der Waals surface area (Å²) in [5, 5.41) is 2.95. The van der Waals surface area contributed by atoms with Gasteiger partial charge >= 0.3 is 5.97 Å². The second-order valence-electron chi connectivity index (χ2n) is 4.32. The van der Waals surface area contributed by atoms with E-state index in [9.17, 15) is 9.59 Å². The number of carbonyl (C=O) groups excluding carboxylic acids is 2. The predicted molar refractivity (Wildman–Crippen MR) is 77.3 cm³/mol. The average molecular weight is 349 g/mol. The van der Waals surface area contributed by atoms with E-state index in [1.165, 1.54) is 7.11 Å². The quantitative estimate of drug-likeness (QED) is 0.851. The van der Waals surface area contributed by atoms with Gasteiger partial charge in [-0.2, -0.15) is 0 Å². The first-order valence-corrected chi connectivity index (χ1v) is 6.88. The van der Waals surface area contributed by atoms with Gasteiger partial charge in [0.05, 0.1) is 17.7 Å². The molecule has 0 saturated carbocycles. The van der Waals surface area contributed by atoms with E-state index in [1.807, 2.05) is 13.8 Å². The van der Waals surface area contributed by atoms with E-state index in [-0.39, 0.29) is 5.92 Å². The second-order valence-corrected chi connectivity index (χ2v) is 5.55. The Morgan fingerprint density at radius 2 is 2.00 bits per heavy atom. The number of methoxy groups -OCH3 is 1. The molecule has 0 aromatic heterocycles. The number of ether oxygens (including phenoxy) is 1. The number of amides is 1. The average Bonchev–Trinajstić information content (AvgIpc) is 2.37. The molecular weight excluding hydrogens is 334 g/mol. The fourth-order valence-electron chi connectivity index (χ4n) is 1.52. The Labute approximate surface area is 125 Å². The van der Waals surface area contributed by atoms with Crippen LogP contribution in [-0.4, -0.2) is 25.0 Å². The number of hydrogen-bond acceptors (Lipinski definition) is 3. The first-order chi connectivity index (χ1) is 8.88. The lowest BCUT2D eigenvalue weighted by Crippen LogP contribution is -2.45. The van der Waals surface area contributed by atoms with Gasteiger partial charge in [0.1, 0.15) is 6.04 Å². The van der Waals surface area contributed by atoms with Crippen molar-refractivity contribution in [3.63, 3.8) is 0 Å². The molecule has 1 rings (SSSR count). The van der Waals surface area contributed by atoms with Gasteiger partial charge in [-0.25, -0.2) is 4.79 Å². The zero-order chi connectivity index (χ0) is 14.6. The summed E-state index contributed by atoms with van der Waals surface area (Å²) in [4.78, 5) is 23.7. The summed E-state index contributed by atoms with van der Waals surface area (Å²) in [7, 11) is 1.29. The Kier molecular flexibility index (Phi) is 5.82. The Balaban J connectivity index is 2.94. The lowest BCUT2D eigenvalue weighted by Gasteiger charge is -2.20. The van der Waals surface area contributed by atoms with Crippen LogP contribution in [0.1, 0.15) is 24.2 Å². The number of hydrogen-bond donors (Lipinski definition) is 1. The molecule has 19 heavy (non-hydrogen) atoms. The molecule has 0 bridgehead atoms. The van der Waals surface area contributed by atoms with Crippen LogP contribution in [0.4, 0.5) is 0 Å². The molecule has 1 amide bonds. The molecule has 0 aliphatic heterocycles. The molecule has 1 N–H and O–H groups in total. The first kappa shape index (κ1) is 16.0. The summed E-state index contributed by atoms with van der Waals surface area (Å²) in [6.45, 7) is 3.65. The van der Waals surface area contributed by atoms with Crippen molar-refractivity contribution >= 4 is 39.4 Å². The normalized spacial score (nSPS) is 12.1. The highest BCUT2D eigenvalue weighted by Crippen LogP contribution is 2.26. The molecule has 104 valence electrons. The minimum absolute atomic E-state index is 0.0812. The molecule has 1 atom stereocenters. The van der Waals surface area contributed by atoms with Crippen LogP contribution >= 0.6 is 27.5 Å². The Morgan fingerprint density at radius 3 is 2.53 bits per heavy atom. The SMILES string of the molecule is COC(=O)[C@@H](NC(=O)c1cccc(Br)c1Cl)C(C)C. The van der Waals surface area contributed by atoms with Gasteiger partial charge in [-0.3, -0.25) is 4.79 Å². The largest absolute Gasteiger partial charge is 0.467 e. The molecule has 0 unspecified atom stereocenters. The van der Waals surface area contributed by atoms with Crippen LogP contribution in [0.15, 0.2) is 22.7 Å². The second kappa shape index (κ2) is 6.91. The number of benzene rings is 1. The topological polar surface area (TPSA) is 55.4 Å². The minimum atomic E-state index is -0.701. The van der Waals surface area contributed by atoms with Crippen LogP contribution in [0, 0.1) is 5.92 Å². The molecule has 0 aliphatic rings. The third-order valence-electron chi connectivity index (χ3n) is 2.60. The maximum absolute atomic E-state index is 12.1. The molecule has 0 spiro atoms. The van der Waals surface area contributed by atoms with Crippen molar-refractivity contribution in [2.24, 2.45) is 5.92 Å². The molecular formula is C13H15BrClNO3. The molecule has 4 nitrogen and oxygen atoms in total. The summed E-state index contributed by atoms with van der Waals surface area (Å²) in [6.07, 6.45) is 0. The first-order valence-electron chi connectivity index (χ1n) is 5.71. The molecule has 0 radical (unpaired) electrons. The molecule has 1 aromatic carbocycles. The number of halogens is 2. The molecule has 6 heteroatoms. The number of nitrogens with one attached hydrogen (secondary N) is 1. The van der Waals surface area contributed by atoms with Gasteiger partial charge in [-0.15, -0.1) is 0 Å². The standard InChI is InChI=1S/C13H15BrClNO3/c1-7(2)11(13(18)19-3)16-12(17)8-5-4-6-9(14)10(8)15/h4-7,11H,1-3H3,(H,16,17)/t11-/m0/s1. The van der Waals surface area contributed by atoms with Crippen LogP contribution < -0.4 is 5.32 Å². The smallest absolute Gasteiger partial charge is 0.328 e. The van der Waals surface area contributed by atoms with Crippen molar-refractivity contribution in [2.75, 3.05) is 7.11 Å². The van der Waals surface area contributed by atoms with E-state index in [0.29, 0.717) is 15.1 Å². The fraction of sp³-hybridized carbons (Fsp3) is 0.385. The van der Waals surface area contributed by atoms with E-state index >= 15 is 0 Å². The Hall–Kier alpha value is -1.07. The summed E-state index contributed by atoms with van der Waals surface area (Å²) in [5.41, 5.74) is 0.311. The predicted octanol–water partition coefficient (Wildman–Crippen LogP) is 3.03. The minimum Gasteiger partial charge on any atom is -0.467 e. The summed E-state index contributed by atoms with van der Waals surface area (Å²) >= 11 is 9.29. The van der Waals surface area contributed by atoms with Crippen LogP contribution in [0.3, 0.4) is 0 Å². The number of rotatable bonds is 4. The molecule has 0 aliphatic carbocycles. The maximum atomic E-state index is 12.1. The fourth-order valence-corrected chi connectivity index (χ4v) is 2.10. The third kappa shape index (κ3) is 3.94. The van der Waals surface area contributed by atoms with Gasteiger partial charge in [-0.1, -0.05) is 31.5 Å². The van der Waals surface area contributed by atoms with Crippen LogP contribution in [0.5, 0.6) is 0 Å². The zero-order valence-corrected chi connectivity index (χ0v) is 13.2. The van der Waals surface area contributed by atoms with E-state index in [2.05, 4.69) is 26.0 Å². The number of carbonyl (C=O) groups is 2. The van der Waals surface area contributed by atoms with Crippen LogP contribution in [-0.2, 0) is 9.53 Å².